The normalized spacial score (nSPS) is 31.2. The molecule has 1 aromatic rings. The number of aliphatic hydroxyl groups is 1. The largest absolute Gasteiger partial charge is 0.497 e. The van der Waals surface area contributed by atoms with E-state index >= 15 is 0 Å². The number of rotatable bonds is 4. The van der Waals surface area contributed by atoms with Gasteiger partial charge in [0.25, 0.3) is 0 Å². The van der Waals surface area contributed by atoms with Crippen molar-refractivity contribution in [3.8, 4) is 5.75 Å². The van der Waals surface area contributed by atoms with Crippen molar-refractivity contribution < 1.29 is 9.84 Å². The van der Waals surface area contributed by atoms with Crippen LogP contribution < -0.4 is 15.8 Å². The van der Waals surface area contributed by atoms with Gasteiger partial charge in [0.05, 0.1) is 12.7 Å². The van der Waals surface area contributed by atoms with Crippen LogP contribution in [0.3, 0.4) is 0 Å². The van der Waals surface area contributed by atoms with E-state index in [1.54, 1.807) is 7.11 Å². The lowest BCUT2D eigenvalue weighted by atomic mass is 9.70. The molecule has 4 N–H and O–H groups in total. The third kappa shape index (κ3) is 2.76. The lowest BCUT2D eigenvalue weighted by Gasteiger charge is -2.43. The summed E-state index contributed by atoms with van der Waals surface area (Å²) >= 11 is 0. The molecule has 2 rings (SSSR count). The van der Waals surface area contributed by atoms with Crippen molar-refractivity contribution in [3.05, 3.63) is 29.8 Å². The Balaban J connectivity index is 2.29. The van der Waals surface area contributed by atoms with Crippen LogP contribution in [0.25, 0.3) is 0 Å². The monoisotopic (exact) mass is 264 g/mol. The van der Waals surface area contributed by atoms with Gasteiger partial charge in [-0.15, -0.1) is 0 Å². The molecule has 1 fully saturated rings. The standard InChI is InChI=1S/C15H24N2O2/c1-17-13-6-7-15(18,12(8-13)10-16)11-4-3-5-14(9-11)19-2/h3-5,9,12-13,17-18H,6-8,10,16H2,1-2H3. The third-order valence-electron chi connectivity index (χ3n) is 4.38. The summed E-state index contributed by atoms with van der Waals surface area (Å²) in [5.41, 5.74) is 5.96. The molecule has 3 atom stereocenters. The van der Waals surface area contributed by atoms with Gasteiger partial charge in [0.2, 0.25) is 0 Å². The van der Waals surface area contributed by atoms with Crippen molar-refractivity contribution in [1.29, 1.82) is 0 Å². The van der Waals surface area contributed by atoms with Crippen molar-refractivity contribution in [2.24, 2.45) is 11.7 Å². The summed E-state index contributed by atoms with van der Waals surface area (Å²) in [5, 5.41) is 14.4. The van der Waals surface area contributed by atoms with Gasteiger partial charge in [-0.3, -0.25) is 0 Å². The molecule has 0 amide bonds. The fourth-order valence-electron chi connectivity index (χ4n) is 3.08. The zero-order chi connectivity index (χ0) is 13.9. The van der Waals surface area contributed by atoms with Crippen LogP contribution >= 0.6 is 0 Å². The smallest absolute Gasteiger partial charge is 0.119 e. The van der Waals surface area contributed by atoms with Gasteiger partial charge in [0, 0.05) is 12.0 Å². The van der Waals surface area contributed by atoms with Crippen molar-refractivity contribution in [2.75, 3.05) is 20.7 Å². The van der Waals surface area contributed by atoms with Crippen LogP contribution in [0.4, 0.5) is 0 Å². The van der Waals surface area contributed by atoms with E-state index in [0.717, 1.165) is 30.6 Å². The first kappa shape index (κ1) is 14.3. The highest BCUT2D eigenvalue weighted by Gasteiger charge is 2.42. The van der Waals surface area contributed by atoms with Gasteiger partial charge in [-0.1, -0.05) is 12.1 Å². The molecule has 0 radical (unpaired) electrons. The van der Waals surface area contributed by atoms with Crippen LogP contribution in [0, 0.1) is 5.92 Å². The lowest BCUT2D eigenvalue weighted by Crippen LogP contribution is -2.48. The van der Waals surface area contributed by atoms with Gasteiger partial charge in [0.15, 0.2) is 0 Å². The number of benzene rings is 1. The number of nitrogens with one attached hydrogen (secondary N) is 1. The molecule has 0 bridgehead atoms. The fourth-order valence-corrected chi connectivity index (χ4v) is 3.08. The van der Waals surface area contributed by atoms with Crippen LogP contribution in [0.2, 0.25) is 0 Å². The number of ether oxygens (including phenoxy) is 1. The van der Waals surface area contributed by atoms with E-state index in [1.807, 2.05) is 31.3 Å². The molecule has 106 valence electrons. The highest BCUT2D eigenvalue weighted by molar-refractivity contribution is 5.33. The summed E-state index contributed by atoms with van der Waals surface area (Å²) in [6.45, 7) is 0.492. The molecule has 0 spiro atoms. The van der Waals surface area contributed by atoms with Gasteiger partial charge in [-0.05, 0) is 50.6 Å². The molecule has 3 unspecified atom stereocenters. The molecule has 19 heavy (non-hydrogen) atoms. The maximum Gasteiger partial charge on any atom is 0.119 e. The Morgan fingerprint density at radius 1 is 1.53 bits per heavy atom. The SMILES string of the molecule is CNC1CCC(O)(c2cccc(OC)c2)C(CN)C1. The van der Waals surface area contributed by atoms with Crippen molar-refractivity contribution in [3.63, 3.8) is 0 Å². The summed E-state index contributed by atoms with van der Waals surface area (Å²) in [6, 6.07) is 8.14. The maximum absolute atomic E-state index is 11.1. The first-order valence-corrected chi connectivity index (χ1v) is 6.88. The van der Waals surface area contributed by atoms with E-state index in [9.17, 15) is 5.11 Å². The number of hydrogen-bond donors (Lipinski definition) is 3. The van der Waals surface area contributed by atoms with Gasteiger partial charge in [0.1, 0.15) is 5.75 Å². The first-order valence-electron chi connectivity index (χ1n) is 6.88. The number of methoxy groups -OCH3 is 1. The Kier molecular flexibility index (Phi) is 4.45. The second-order valence-electron chi connectivity index (χ2n) is 5.35. The summed E-state index contributed by atoms with van der Waals surface area (Å²) < 4.78 is 5.25. The fraction of sp³-hybridized carbons (Fsp3) is 0.600. The maximum atomic E-state index is 11.1. The summed E-state index contributed by atoms with van der Waals surface area (Å²) in [5.74, 6) is 0.850. The first-order chi connectivity index (χ1) is 9.13. The molecule has 1 aliphatic carbocycles. The Labute approximate surface area is 115 Å². The van der Waals surface area contributed by atoms with Crippen molar-refractivity contribution in [1.82, 2.24) is 5.32 Å². The average molecular weight is 264 g/mol. The van der Waals surface area contributed by atoms with Crippen LogP contribution in [-0.2, 0) is 5.60 Å². The molecule has 0 aromatic heterocycles. The van der Waals surface area contributed by atoms with Crippen LogP contribution in [0.15, 0.2) is 24.3 Å². The minimum absolute atomic E-state index is 0.0748. The molecule has 0 aliphatic heterocycles. The third-order valence-corrected chi connectivity index (χ3v) is 4.38. The second-order valence-corrected chi connectivity index (χ2v) is 5.35. The molecule has 4 nitrogen and oxygen atoms in total. The Morgan fingerprint density at radius 2 is 2.32 bits per heavy atom. The quantitative estimate of drug-likeness (QED) is 0.765. The summed E-state index contributed by atoms with van der Waals surface area (Å²) in [4.78, 5) is 0. The van der Waals surface area contributed by atoms with Crippen LogP contribution in [0.1, 0.15) is 24.8 Å². The second kappa shape index (κ2) is 5.90. The molecule has 0 heterocycles. The molecular formula is C15H24N2O2. The molecule has 4 heteroatoms. The average Bonchev–Trinajstić information content (AvgIpc) is 2.47. The van der Waals surface area contributed by atoms with Crippen molar-refractivity contribution >= 4 is 0 Å². The van der Waals surface area contributed by atoms with E-state index in [0.29, 0.717) is 12.6 Å². The molecule has 1 aliphatic rings. The van der Waals surface area contributed by atoms with E-state index in [4.69, 9.17) is 10.5 Å². The van der Waals surface area contributed by atoms with E-state index in [2.05, 4.69) is 5.32 Å². The predicted molar refractivity (Wildman–Crippen MR) is 76.1 cm³/mol. The van der Waals surface area contributed by atoms with E-state index < -0.39 is 5.60 Å². The van der Waals surface area contributed by atoms with Gasteiger partial charge in [-0.2, -0.15) is 0 Å². The minimum atomic E-state index is -0.837. The predicted octanol–water partition coefficient (Wildman–Crippen LogP) is 1.23. The lowest BCUT2D eigenvalue weighted by molar-refractivity contribution is -0.0577. The van der Waals surface area contributed by atoms with Gasteiger partial charge in [-0.25, -0.2) is 0 Å². The van der Waals surface area contributed by atoms with Crippen LogP contribution in [0.5, 0.6) is 5.75 Å². The Hall–Kier alpha value is -1.10. The topological polar surface area (TPSA) is 67.5 Å². The Bertz CT molecular complexity index is 424. The van der Waals surface area contributed by atoms with Crippen LogP contribution in [-0.4, -0.2) is 31.9 Å². The van der Waals surface area contributed by atoms with E-state index in [-0.39, 0.29) is 5.92 Å². The summed E-state index contributed by atoms with van der Waals surface area (Å²) in [6.07, 6.45) is 2.59. The zero-order valence-corrected chi connectivity index (χ0v) is 11.7. The van der Waals surface area contributed by atoms with Crippen molar-refractivity contribution in [2.45, 2.75) is 30.9 Å². The molecule has 0 saturated heterocycles. The molecule has 1 saturated carbocycles. The highest BCUT2D eigenvalue weighted by Crippen LogP contribution is 2.42. The number of hydrogen-bond acceptors (Lipinski definition) is 4. The molecule has 1 aromatic carbocycles. The Morgan fingerprint density at radius 3 is 2.95 bits per heavy atom. The minimum Gasteiger partial charge on any atom is -0.497 e. The highest BCUT2D eigenvalue weighted by atomic mass is 16.5. The van der Waals surface area contributed by atoms with Gasteiger partial charge >= 0.3 is 0 Å². The van der Waals surface area contributed by atoms with Gasteiger partial charge < -0.3 is 20.9 Å². The number of nitrogens with two attached hydrogens (primary N) is 1. The van der Waals surface area contributed by atoms with E-state index in [1.165, 1.54) is 0 Å². The zero-order valence-electron chi connectivity index (χ0n) is 11.7. The summed E-state index contributed by atoms with van der Waals surface area (Å²) in [7, 11) is 3.61. The molecular weight excluding hydrogens is 240 g/mol.